The summed E-state index contributed by atoms with van der Waals surface area (Å²) < 4.78 is 5.38. The molecule has 128 valence electrons. The Bertz CT molecular complexity index is 668. The van der Waals surface area contributed by atoms with E-state index in [9.17, 15) is 4.79 Å². The van der Waals surface area contributed by atoms with Crippen LogP contribution < -0.4 is 15.4 Å². The summed E-state index contributed by atoms with van der Waals surface area (Å²) in [5.41, 5.74) is 3.35. The van der Waals surface area contributed by atoms with Crippen molar-refractivity contribution >= 4 is 5.91 Å². The Morgan fingerprint density at radius 1 is 1.08 bits per heavy atom. The van der Waals surface area contributed by atoms with Gasteiger partial charge in [0.25, 0.3) is 0 Å². The molecule has 2 N–H and O–H groups in total. The summed E-state index contributed by atoms with van der Waals surface area (Å²) in [5, 5.41) is 6.29. The number of hydrogen-bond donors (Lipinski definition) is 2. The van der Waals surface area contributed by atoms with Crippen LogP contribution in [0.1, 0.15) is 36.6 Å². The van der Waals surface area contributed by atoms with Crippen LogP contribution in [0.4, 0.5) is 0 Å². The van der Waals surface area contributed by atoms with Gasteiger partial charge in [0.05, 0.1) is 13.2 Å². The molecule has 0 aliphatic carbocycles. The Kier molecular flexibility index (Phi) is 6.38. The molecule has 0 bridgehead atoms. The van der Waals surface area contributed by atoms with Crippen molar-refractivity contribution < 1.29 is 9.53 Å². The van der Waals surface area contributed by atoms with Crippen LogP contribution in [0.2, 0.25) is 0 Å². The fraction of sp³-hybridized carbons (Fsp3) is 0.350. The number of para-hydroxylation sites is 1. The molecule has 0 radical (unpaired) electrons. The summed E-state index contributed by atoms with van der Waals surface area (Å²) in [6, 6.07) is 15.7. The number of ether oxygens (including phenoxy) is 1. The van der Waals surface area contributed by atoms with Crippen LogP contribution in [0.3, 0.4) is 0 Å². The molecule has 2 atom stereocenters. The predicted octanol–water partition coefficient (Wildman–Crippen LogP) is 3.36. The Morgan fingerprint density at radius 2 is 1.75 bits per heavy atom. The highest BCUT2D eigenvalue weighted by atomic mass is 16.5. The SMILES string of the molecule is COc1ccccc1[C@H](C)N[C@@H](C)C(=O)NCc1ccc(C)cc1. The lowest BCUT2D eigenvalue weighted by Gasteiger charge is -2.21. The van der Waals surface area contributed by atoms with Crippen molar-refractivity contribution in [1.82, 2.24) is 10.6 Å². The number of aryl methyl sites for hydroxylation is 1. The van der Waals surface area contributed by atoms with Crippen LogP contribution in [0.25, 0.3) is 0 Å². The minimum Gasteiger partial charge on any atom is -0.496 e. The zero-order valence-corrected chi connectivity index (χ0v) is 14.8. The maximum absolute atomic E-state index is 12.3. The fourth-order valence-electron chi connectivity index (χ4n) is 2.61. The van der Waals surface area contributed by atoms with Crippen molar-refractivity contribution in [2.75, 3.05) is 7.11 Å². The van der Waals surface area contributed by atoms with Crippen LogP contribution in [-0.4, -0.2) is 19.1 Å². The topological polar surface area (TPSA) is 50.4 Å². The van der Waals surface area contributed by atoms with E-state index in [0.29, 0.717) is 6.54 Å². The summed E-state index contributed by atoms with van der Waals surface area (Å²) in [5.74, 6) is 0.807. The standard InChI is InChI=1S/C20H26N2O2/c1-14-9-11-17(12-10-14)13-21-20(23)16(3)22-15(2)18-7-5-6-8-19(18)24-4/h5-12,15-16,22H,13H2,1-4H3,(H,21,23)/t15-,16-/m0/s1. The zero-order valence-electron chi connectivity index (χ0n) is 14.8. The highest BCUT2D eigenvalue weighted by Gasteiger charge is 2.18. The van der Waals surface area contributed by atoms with Gasteiger partial charge in [-0.2, -0.15) is 0 Å². The second-order valence-corrected chi connectivity index (χ2v) is 6.06. The van der Waals surface area contributed by atoms with Gasteiger partial charge in [-0.05, 0) is 32.4 Å². The van der Waals surface area contributed by atoms with E-state index in [4.69, 9.17) is 4.74 Å². The van der Waals surface area contributed by atoms with Crippen molar-refractivity contribution in [2.24, 2.45) is 0 Å². The first-order valence-corrected chi connectivity index (χ1v) is 8.23. The number of carbonyl (C=O) groups is 1. The van der Waals surface area contributed by atoms with E-state index in [-0.39, 0.29) is 18.0 Å². The van der Waals surface area contributed by atoms with Gasteiger partial charge >= 0.3 is 0 Å². The molecule has 0 aliphatic rings. The fourth-order valence-corrected chi connectivity index (χ4v) is 2.61. The quantitative estimate of drug-likeness (QED) is 0.820. The maximum atomic E-state index is 12.3. The van der Waals surface area contributed by atoms with Gasteiger partial charge in [-0.3, -0.25) is 10.1 Å². The first-order chi connectivity index (χ1) is 11.5. The third kappa shape index (κ3) is 4.83. The Hall–Kier alpha value is -2.33. The van der Waals surface area contributed by atoms with Crippen molar-refractivity contribution in [3.05, 3.63) is 65.2 Å². The molecule has 4 nitrogen and oxygen atoms in total. The van der Waals surface area contributed by atoms with Gasteiger partial charge in [0.15, 0.2) is 0 Å². The molecule has 1 amide bonds. The van der Waals surface area contributed by atoms with Crippen molar-refractivity contribution in [3.8, 4) is 5.75 Å². The minimum atomic E-state index is -0.296. The van der Waals surface area contributed by atoms with E-state index in [2.05, 4.69) is 10.6 Å². The summed E-state index contributed by atoms with van der Waals surface area (Å²) in [4.78, 5) is 12.3. The number of hydrogen-bond acceptors (Lipinski definition) is 3. The highest BCUT2D eigenvalue weighted by Crippen LogP contribution is 2.24. The molecule has 24 heavy (non-hydrogen) atoms. The first kappa shape index (κ1) is 18.0. The first-order valence-electron chi connectivity index (χ1n) is 8.23. The number of carbonyl (C=O) groups excluding carboxylic acids is 1. The van der Waals surface area contributed by atoms with E-state index in [1.54, 1.807) is 7.11 Å². The monoisotopic (exact) mass is 326 g/mol. The van der Waals surface area contributed by atoms with Crippen LogP contribution in [0.5, 0.6) is 5.75 Å². The van der Waals surface area contributed by atoms with E-state index < -0.39 is 0 Å². The molecule has 2 aromatic rings. The number of amides is 1. The zero-order chi connectivity index (χ0) is 17.5. The molecular formula is C20H26N2O2. The molecule has 2 aromatic carbocycles. The van der Waals surface area contributed by atoms with Gasteiger partial charge in [-0.1, -0.05) is 48.0 Å². The van der Waals surface area contributed by atoms with Crippen molar-refractivity contribution in [3.63, 3.8) is 0 Å². The largest absolute Gasteiger partial charge is 0.496 e. The van der Waals surface area contributed by atoms with Crippen LogP contribution in [-0.2, 0) is 11.3 Å². The number of methoxy groups -OCH3 is 1. The lowest BCUT2D eigenvalue weighted by atomic mass is 10.1. The minimum absolute atomic E-state index is 0.0151. The van der Waals surface area contributed by atoms with Gasteiger partial charge in [0.2, 0.25) is 5.91 Å². The van der Waals surface area contributed by atoms with Crippen molar-refractivity contribution in [2.45, 2.75) is 39.4 Å². The molecule has 0 aromatic heterocycles. The van der Waals surface area contributed by atoms with Gasteiger partial charge in [0.1, 0.15) is 5.75 Å². The molecule has 0 saturated carbocycles. The molecule has 0 unspecified atom stereocenters. The molecule has 4 heteroatoms. The van der Waals surface area contributed by atoms with E-state index in [1.165, 1.54) is 5.56 Å². The maximum Gasteiger partial charge on any atom is 0.237 e. The Labute approximate surface area is 144 Å². The third-order valence-electron chi connectivity index (χ3n) is 4.09. The Morgan fingerprint density at radius 3 is 2.42 bits per heavy atom. The van der Waals surface area contributed by atoms with Crippen LogP contribution in [0.15, 0.2) is 48.5 Å². The molecule has 2 rings (SSSR count). The Balaban J connectivity index is 1.89. The van der Waals surface area contributed by atoms with Crippen LogP contribution in [0, 0.1) is 6.92 Å². The molecular weight excluding hydrogens is 300 g/mol. The lowest BCUT2D eigenvalue weighted by molar-refractivity contribution is -0.123. The number of benzene rings is 2. The van der Waals surface area contributed by atoms with Crippen LogP contribution >= 0.6 is 0 Å². The average molecular weight is 326 g/mol. The molecule has 0 aliphatic heterocycles. The van der Waals surface area contributed by atoms with E-state index in [1.807, 2.05) is 69.3 Å². The smallest absolute Gasteiger partial charge is 0.237 e. The molecule has 0 saturated heterocycles. The highest BCUT2D eigenvalue weighted by molar-refractivity contribution is 5.81. The normalized spacial score (nSPS) is 13.2. The summed E-state index contributed by atoms with van der Waals surface area (Å²) in [6.07, 6.45) is 0. The lowest BCUT2D eigenvalue weighted by Crippen LogP contribution is -2.42. The molecule has 0 spiro atoms. The molecule has 0 fully saturated rings. The van der Waals surface area contributed by atoms with E-state index >= 15 is 0 Å². The second-order valence-electron chi connectivity index (χ2n) is 6.06. The van der Waals surface area contributed by atoms with Gasteiger partial charge in [0, 0.05) is 18.2 Å². The molecule has 0 heterocycles. The second kappa shape index (κ2) is 8.50. The van der Waals surface area contributed by atoms with Gasteiger partial charge in [-0.15, -0.1) is 0 Å². The summed E-state index contributed by atoms with van der Waals surface area (Å²) >= 11 is 0. The average Bonchev–Trinajstić information content (AvgIpc) is 2.60. The van der Waals surface area contributed by atoms with Gasteiger partial charge < -0.3 is 10.1 Å². The summed E-state index contributed by atoms with van der Waals surface area (Å²) in [6.45, 7) is 6.49. The number of rotatable bonds is 7. The third-order valence-corrected chi connectivity index (χ3v) is 4.09. The van der Waals surface area contributed by atoms with Gasteiger partial charge in [-0.25, -0.2) is 0 Å². The van der Waals surface area contributed by atoms with E-state index in [0.717, 1.165) is 16.9 Å². The number of nitrogens with one attached hydrogen (secondary N) is 2. The predicted molar refractivity (Wildman–Crippen MR) is 97.0 cm³/mol. The van der Waals surface area contributed by atoms with Crippen molar-refractivity contribution in [1.29, 1.82) is 0 Å². The summed E-state index contributed by atoms with van der Waals surface area (Å²) in [7, 11) is 1.66.